The Morgan fingerprint density at radius 3 is 2.47 bits per heavy atom. The number of alkyl halides is 2. The van der Waals surface area contributed by atoms with Crippen LogP contribution in [0.25, 0.3) is 0 Å². The van der Waals surface area contributed by atoms with E-state index in [0.717, 1.165) is 6.42 Å². The Morgan fingerprint density at radius 1 is 1.11 bits per heavy atom. The number of rotatable bonds is 10. The SMILES string of the molecule is O=C(COC(=O)C1C2CC3C(OC(=O)C31)C2CC(=O)C(F)(F)SOOO)OC12CC3CC(CC(O)(C3)C1)C2. The summed E-state index contributed by atoms with van der Waals surface area (Å²) in [5, 5.41) is 18.0. The minimum atomic E-state index is -4.04. The largest absolute Gasteiger partial charge is 0.461 e. The predicted molar refractivity (Wildman–Crippen MR) is 118 cm³/mol. The molecule has 210 valence electrons. The Labute approximate surface area is 219 Å². The highest BCUT2D eigenvalue weighted by molar-refractivity contribution is 7.96. The minimum absolute atomic E-state index is 0.292. The molecule has 14 heteroatoms. The second kappa shape index (κ2) is 9.08. The Bertz CT molecular complexity index is 1040. The molecule has 0 amide bonds. The van der Waals surface area contributed by atoms with Crippen molar-refractivity contribution in [1.82, 2.24) is 0 Å². The van der Waals surface area contributed by atoms with E-state index in [0.29, 0.717) is 50.4 Å². The zero-order valence-corrected chi connectivity index (χ0v) is 21.0. The Balaban J connectivity index is 1.09. The molecule has 1 aliphatic heterocycles. The maximum atomic E-state index is 14.0. The fourth-order valence-electron chi connectivity index (χ4n) is 8.96. The molecule has 0 aromatic carbocycles. The summed E-state index contributed by atoms with van der Waals surface area (Å²) in [4.78, 5) is 50.5. The van der Waals surface area contributed by atoms with Gasteiger partial charge in [0.25, 0.3) is 0 Å². The average molecular weight is 563 g/mol. The summed E-state index contributed by atoms with van der Waals surface area (Å²) in [5.41, 5.74) is -1.60. The van der Waals surface area contributed by atoms with E-state index >= 15 is 0 Å². The monoisotopic (exact) mass is 562 g/mol. The quantitative estimate of drug-likeness (QED) is 0.132. The van der Waals surface area contributed by atoms with Crippen LogP contribution in [0.5, 0.6) is 0 Å². The minimum Gasteiger partial charge on any atom is -0.461 e. The van der Waals surface area contributed by atoms with Crippen molar-refractivity contribution in [2.45, 2.75) is 73.9 Å². The summed E-state index contributed by atoms with van der Waals surface area (Å²) >= 11 is -0.671. The van der Waals surface area contributed by atoms with Gasteiger partial charge in [-0.15, -0.1) is 4.33 Å². The summed E-state index contributed by atoms with van der Waals surface area (Å²) in [6.07, 6.45) is 2.98. The summed E-state index contributed by atoms with van der Waals surface area (Å²) in [6.45, 7) is -0.676. The maximum absolute atomic E-state index is 14.0. The van der Waals surface area contributed by atoms with Crippen LogP contribution in [0, 0.1) is 41.4 Å². The van der Waals surface area contributed by atoms with Crippen LogP contribution < -0.4 is 0 Å². The lowest BCUT2D eigenvalue weighted by atomic mass is 9.52. The molecular weight excluding hydrogens is 534 g/mol. The van der Waals surface area contributed by atoms with Gasteiger partial charge in [-0.1, -0.05) is 5.04 Å². The lowest BCUT2D eigenvalue weighted by molar-refractivity contribution is -0.433. The van der Waals surface area contributed by atoms with Crippen LogP contribution in [0.3, 0.4) is 0 Å². The van der Waals surface area contributed by atoms with Gasteiger partial charge in [-0.05, 0) is 56.3 Å². The lowest BCUT2D eigenvalue weighted by Gasteiger charge is -2.59. The van der Waals surface area contributed by atoms with E-state index < -0.39 is 101 Å². The molecule has 0 radical (unpaired) electrons. The molecular formula is C24H28F2O11S. The number of ether oxygens (including phenoxy) is 3. The van der Waals surface area contributed by atoms with Crippen LogP contribution >= 0.6 is 12.0 Å². The molecule has 7 rings (SSSR count). The van der Waals surface area contributed by atoms with Crippen LogP contribution in [0.15, 0.2) is 0 Å². The topological polar surface area (TPSA) is 155 Å². The molecule has 0 aromatic rings. The molecule has 6 saturated carbocycles. The van der Waals surface area contributed by atoms with Crippen molar-refractivity contribution < 1.29 is 61.9 Å². The third-order valence-electron chi connectivity index (χ3n) is 9.60. The van der Waals surface area contributed by atoms with Gasteiger partial charge in [0.05, 0.1) is 17.4 Å². The first-order chi connectivity index (χ1) is 17.9. The molecule has 7 aliphatic rings. The van der Waals surface area contributed by atoms with Gasteiger partial charge in [-0.2, -0.15) is 8.78 Å². The number of halogens is 2. The summed E-state index contributed by atoms with van der Waals surface area (Å²) in [7, 11) is 0. The number of esters is 3. The summed E-state index contributed by atoms with van der Waals surface area (Å²) in [5.74, 6) is -6.91. The molecule has 38 heavy (non-hydrogen) atoms. The molecule has 6 aliphatic carbocycles. The van der Waals surface area contributed by atoms with Crippen LogP contribution in [0.1, 0.15) is 51.4 Å². The third kappa shape index (κ3) is 4.32. The zero-order valence-electron chi connectivity index (χ0n) is 20.2. The Hall–Kier alpha value is -1.87. The van der Waals surface area contributed by atoms with Crippen LogP contribution in [0.2, 0.25) is 0 Å². The van der Waals surface area contributed by atoms with E-state index in [1.807, 2.05) is 0 Å². The molecule has 8 atom stereocenters. The second-order valence-electron chi connectivity index (χ2n) is 12.0. The van der Waals surface area contributed by atoms with Crippen molar-refractivity contribution in [2.24, 2.45) is 41.4 Å². The predicted octanol–water partition coefficient (Wildman–Crippen LogP) is 2.20. The molecule has 2 N–H and O–H groups in total. The van der Waals surface area contributed by atoms with Crippen molar-refractivity contribution in [3.05, 3.63) is 0 Å². The van der Waals surface area contributed by atoms with Gasteiger partial charge in [0.2, 0.25) is 5.78 Å². The van der Waals surface area contributed by atoms with Crippen molar-refractivity contribution in [3.8, 4) is 0 Å². The lowest BCUT2D eigenvalue weighted by Crippen LogP contribution is -2.60. The third-order valence-corrected chi connectivity index (χ3v) is 10.2. The number of carbonyl (C=O) groups is 4. The van der Waals surface area contributed by atoms with E-state index in [-0.39, 0.29) is 0 Å². The van der Waals surface area contributed by atoms with Gasteiger partial charge in [0.1, 0.15) is 23.7 Å². The Morgan fingerprint density at radius 2 is 1.82 bits per heavy atom. The van der Waals surface area contributed by atoms with Gasteiger partial charge in [-0.25, -0.2) is 10.1 Å². The first kappa shape index (κ1) is 26.4. The molecule has 7 fully saturated rings. The highest BCUT2D eigenvalue weighted by atomic mass is 32.2. The van der Waals surface area contributed by atoms with Crippen LogP contribution in [0.4, 0.5) is 8.78 Å². The Kier molecular flexibility index (Phi) is 6.30. The van der Waals surface area contributed by atoms with E-state index in [4.69, 9.17) is 19.5 Å². The fraction of sp³-hybridized carbons (Fsp3) is 0.833. The zero-order chi connectivity index (χ0) is 27.0. The van der Waals surface area contributed by atoms with Crippen molar-refractivity contribution >= 4 is 35.7 Å². The van der Waals surface area contributed by atoms with Crippen LogP contribution in [-0.4, -0.2) is 63.2 Å². The smallest absolute Gasteiger partial charge is 0.378 e. The van der Waals surface area contributed by atoms with Crippen molar-refractivity contribution in [3.63, 3.8) is 0 Å². The molecule has 6 bridgehead atoms. The molecule has 8 unspecified atom stereocenters. The first-order valence-electron chi connectivity index (χ1n) is 12.8. The average Bonchev–Trinajstić information content (AvgIpc) is 3.43. The summed E-state index contributed by atoms with van der Waals surface area (Å²) < 4.78 is 48.2. The number of carbonyl (C=O) groups excluding carboxylic acids is 4. The van der Waals surface area contributed by atoms with E-state index in [9.17, 15) is 33.1 Å². The van der Waals surface area contributed by atoms with Gasteiger partial charge in [0, 0.05) is 24.7 Å². The van der Waals surface area contributed by atoms with E-state index in [2.05, 4.69) is 9.37 Å². The maximum Gasteiger partial charge on any atom is 0.378 e. The fourth-order valence-corrected chi connectivity index (χ4v) is 9.26. The first-order valence-corrected chi connectivity index (χ1v) is 13.6. The van der Waals surface area contributed by atoms with E-state index in [1.165, 1.54) is 0 Å². The van der Waals surface area contributed by atoms with Gasteiger partial charge in [0.15, 0.2) is 6.61 Å². The highest BCUT2D eigenvalue weighted by Crippen LogP contribution is 2.62. The molecule has 0 aromatic heterocycles. The van der Waals surface area contributed by atoms with Crippen molar-refractivity contribution in [2.75, 3.05) is 6.61 Å². The number of ketones is 1. The van der Waals surface area contributed by atoms with E-state index in [1.54, 1.807) is 0 Å². The normalized spacial score (nSPS) is 43.8. The number of fused-ring (bicyclic) bond motifs is 1. The number of hydrogen-bond donors (Lipinski definition) is 2. The van der Waals surface area contributed by atoms with Gasteiger partial charge < -0.3 is 19.3 Å². The molecule has 11 nitrogen and oxygen atoms in total. The van der Waals surface area contributed by atoms with Gasteiger partial charge >= 0.3 is 23.2 Å². The number of aliphatic hydroxyl groups is 1. The molecule has 1 heterocycles. The van der Waals surface area contributed by atoms with Gasteiger partial charge in [-0.3, -0.25) is 14.4 Å². The standard InChI is InChI=1S/C24H28F2O11S/c25-24(26,38-37-36-32)15(27)3-13-12-2-14-18(21(30)34-19(13)14)17(12)20(29)33-8-16(28)35-23-6-10-1-11(7-23)5-22(31,4-10)9-23/h10-14,17-19,31-32H,1-9H2. The van der Waals surface area contributed by atoms with Crippen molar-refractivity contribution in [1.29, 1.82) is 0 Å². The highest BCUT2D eigenvalue weighted by Gasteiger charge is 2.69. The summed E-state index contributed by atoms with van der Waals surface area (Å²) in [6, 6.07) is 0. The number of hydrogen-bond acceptors (Lipinski definition) is 12. The second-order valence-corrected chi connectivity index (χ2v) is 12.8. The van der Waals surface area contributed by atoms with Crippen LogP contribution in [-0.2, 0) is 42.8 Å². The molecule has 1 saturated heterocycles. The number of Topliss-reactive ketones (excluding diaryl/α,β-unsaturated/α-hetero) is 1. The molecule has 0 spiro atoms.